The zero-order chi connectivity index (χ0) is 33.0. The van der Waals surface area contributed by atoms with E-state index in [4.69, 9.17) is 19.9 Å². The van der Waals surface area contributed by atoms with Crippen LogP contribution in [0.5, 0.6) is 0 Å². The van der Waals surface area contributed by atoms with Crippen LogP contribution in [-0.2, 0) is 0 Å². The van der Waals surface area contributed by atoms with Gasteiger partial charge in [-0.25, -0.2) is 19.9 Å². The molecule has 0 aliphatic rings. The molecule has 0 saturated heterocycles. The predicted octanol–water partition coefficient (Wildman–Crippen LogP) is 12.3. The summed E-state index contributed by atoms with van der Waals surface area (Å²) in [6.45, 7) is 0. The maximum Gasteiger partial charge on any atom is 0.161 e. The van der Waals surface area contributed by atoms with Crippen LogP contribution in [0.2, 0.25) is 0 Å². The summed E-state index contributed by atoms with van der Waals surface area (Å²) in [7, 11) is 0. The lowest BCUT2D eigenvalue weighted by molar-refractivity contribution is 1.24. The van der Waals surface area contributed by atoms with Crippen molar-refractivity contribution in [3.05, 3.63) is 158 Å². The van der Waals surface area contributed by atoms with Crippen molar-refractivity contribution < 1.29 is 0 Å². The lowest BCUT2D eigenvalue weighted by atomic mass is 9.98. The molecule has 10 aromatic rings. The standard InChI is InChI=1S/C44H26N4S2/c1-3-13-27(14-4-1)39-37-33-21-7-9-23-35(33)49-43(37)48-42(45-39)32-20-12-18-30(26-32)29-17-11-19-31(25-29)40-38-34-22-8-10-24-36(34)50-44(38)47-41(46-40)28-15-5-2-6-16-28/h1-26H. The van der Waals surface area contributed by atoms with Gasteiger partial charge in [0.1, 0.15) is 9.66 Å². The fourth-order valence-corrected chi connectivity index (χ4v) is 8.94. The number of aromatic nitrogens is 4. The van der Waals surface area contributed by atoms with Gasteiger partial charge in [-0.3, -0.25) is 0 Å². The van der Waals surface area contributed by atoms with E-state index in [1.807, 2.05) is 24.3 Å². The normalized spacial score (nSPS) is 11.6. The summed E-state index contributed by atoms with van der Waals surface area (Å²) in [5.74, 6) is 1.45. The number of thiophene rings is 2. The van der Waals surface area contributed by atoms with Gasteiger partial charge in [-0.15, -0.1) is 22.7 Å². The quantitative estimate of drug-likeness (QED) is 0.182. The second-order valence-electron chi connectivity index (χ2n) is 12.2. The Morgan fingerprint density at radius 1 is 0.320 bits per heavy atom. The second kappa shape index (κ2) is 11.8. The molecule has 0 saturated carbocycles. The van der Waals surface area contributed by atoms with Crippen LogP contribution in [0.25, 0.3) is 97.0 Å². The summed E-state index contributed by atoms with van der Waals surface area (Å²) in [5.41, 5.74) is 8.20. The number of hydrogen-bond acceptors (Lipinski definition) is 6. The third-order valence-corrected chi connectivity index (χ3v) is 11.3. The van der Waals surface area contributed by atoms with Gasteiger partial charge < -0.3 is 0 Å². The van der Waals surface area contributed by atoms with E-state index < -0.39 is 0 Å². The summed E-state index contributed by atoms with van der Waals surface area (Å²) < 4.78 is 2.42. The summed E-state index contributed by atoms with van der Waals surface area (Å²) in [6.07, 6.45) is 0. The van der Waals surface area contributed by atoms with E-state index in [-0.39, 0.29) is 0 Å². The van der Waals surface area contributed by atoms with Gasteiger partial charge in [-0.2, -0.15) is 0 Å². The van der Waals surface area contributed by atoms with Crippen LogP contribution in [0.1, 0.15) is 0 Å². The molecule has 0 aliphatic heterocycles. The number of nitrogens with zero attached hydrogens (tertiary/aromatic N) is 4. The summed E-state index contributed by atoms with van der Waals surface area (Å²) >= 11 is 3.44. The third kappa shape index (κ3) is 4.88. The first-order chi connectivity index (χ1) is 24.8. The molecule has 50 heavy (non-hydrogen) atoms. The minimum atomic E-state index is 0.718. The Hall–Kier alpha value is -6.08. The Kier molecular flexibility index (Phi) is 6.82. The molecule has 0 fully saturated rings. The van der Waals surface area contributed by atoms with E-state index in [0.29, 0.717) is 0 Å². The summed E-state index contributed by atoms with van der Waals surface area (Å²) in [5, 5.41) is 4.57. The Morgan fingerprint density at radius 2 is 0.740 bits per heavy atom. The van der Waals surface area contributed by atoms with Crippen LogP contribution < -0.4 is 0 Å². The van der Waals surface area contributed by atoms with E-state index in [1.54, 1.807) is 22.7 Å². The van der Waals surface area contributed by atoms with E-state index in [0.717, 1.165) is 76.9 Å². The molecular formula is C44H26N4S2. The molecular weight excluding hydrogens is 649 g/mol. The maximum absolute atomic E-state index is 5.24. The molecule has 4 aromatic heterocycles. The SMILES string of the molecule is c1ccc(-c2nc(-c3cccc(-c4cccc(-c5nc(-c6ccccc6)c6c(n5)sc5ccccc56)c4)c3)c3c(n2)sc2ccccc23)cc1. The second-order valence-corrected chi connectivity index (χ2v) is 14.3. The van der Waals surface area contributed by atoms with Crippen molar-refractivity contribution in [3.8, 4) is 56.4 Å². The average Bonchev–Trinajstić information content (AvgIpc) is 3.76. The molecule has 0 amide bonds. The largest absolute Gasteiger partial charge is 0.227 e. The minimum Gasteiger partial charge on any atom is -0.227 e. The van der Waals surface area contributed by atoms with Crippen LogP contribution in [0.15, 0.2) is 158 Å². The molecule has 0 bridgehead atoms. The average molecular weight is 675 g/mol. The Bertz CT molecular complexity index is 2880. The number of fused-ring (bicyclic) bond motifs is 6. The maximum atomic E-state index is 5.24. The topological polar surface area (TPSA) is 51.6 Å². The highest BCUT2D eigenvalue weighted by molar-refractivity contribution is 7.26. The Morgan fingerprint density at radius 3 is 1.34 bits per heavy atom. The lowest BCUT2D eigenvalue weighted by Crippen LogP contribution is -1.94. The molecule has 0 aliphatic carbocycles. The monoisotopic (exact) mass is 674 g/mol. The highest BCUT2D eigenvalue weighted by Crippen LogP contribution is 2.42. The van der Waals surface area contributed by atoms with Crippen molar-refractivity contribution in [3.63, 3.8) is 0 Å². The van der Waals surface area contributed by atoms with Crippen molar-refractivity contribution in [2.75, 3.05) is 0 Å². The number of hydrogen-bond donors (Lipinski definition) is 0. The van der Waals surface area contributed by atoms with Crippen molar-refractivity contribution in [2.24, 2.45) is 0 Å². The van der Waals surface area contributed by atoms with Crippen LogP contribution in [0.3, 0.4) is 0 Å². The van der Waals surface area contributed by atoms with E-state index in [2.05, 4.69) is 133 Å². The van der Waals surface area contributed by atoms with Crippen molar-refractivity contribution in [1.29, 1.82) is 0 Å². The highest BCUT2D eigenvalue weighted by Gasteiger charge is 2.19. The van der Waals surface area contributed by atoms with E-state index in [9.17, 15) is 0 Å². The van der Waals surface area contributed by atoms with Gasteiger partial charge in [0.2, 0.25) is 0 Å². The zero-order valence-electron chi connectivity index (χ0n) is 26.6. The molecule has 234 valence electrons. The predicted molar refractivity (Wildman–Crippen MR) is 211 cm³/mol. The van der Waals surface area contributed by atoms with Gasteiger partial charge in [-0.1, -0.05) is 133 Å². The van der Waals surface area contributed by atoms with E-state index in [1.165, 1.54) is 20.2 Å². The van der Waals surface area contributed by atoms with E-state index >= 15 is 0 Å². The van der Waals surface area contributed by atoms with Gasteiger partial charge in [0.25, 0.3) is 0 Å². The number of rotatable bonds is 5. The fourth-order valence-electron chi connectivity index (χ4n) is 6.79. The molecule has 6 aromatic carbocycles. The first kappa shape index (κ1) is 28.9. The van der Waals surface area contributed by atoms with Crippen LogP contribution in [0, 0.1) is 0 Å². The summed E-state index contributed by atoms with van der Waals surface area (Å²) in [4.78, 5) is 22.7. The molecule has 10 rings (SSSR count). The van der Waals surface area contributed by atoms with Crippen molar-refractivity contribution in [1.82, 2.24) is 19.9 Å². The lowest BCUT2D eigenvalue weighted by Gasteiger charge is -2.11. The molecule has 0 spiro atoms. The minimum absolute atomic E-state index is 0.718. The third-order valence-electron chi connectivity index (χ3n) is 9.15. The fraction of sp³-hybridized carbons (Fsp3) is 0. The zero-order valence-corrected chi connectivity index (χ0v) is 28.2. The number of benzene rings is 6. The molecule has 0 atom stereocenters. The van der Waals surface area contributed by atoms with Gasteiger partial charge in [-0.05, 0) is 35.4 Å². The van der Waals surface area contributed by atoms with Crippen molar-refractivity contribution >= 4 is 63.3 Å². The first-order valence-corrected chi connectivity index (χ1v) is 18.1. The van der Waals surface area contributed by atoms with Gasteiger partial charge in [0, 0.05) is 53.2 Å². The highest BCUT2D eigenvalue weighted by atomic mass is 32.1. The van der Waals surface area contributed by atoms with Crippen LogP contribution >= 0.6 is 22.7 Å². The smallest absolute Gasteiger partial charge is 0.161 e. The van der Waals surface area contributed by atoms with Gasteiger partial charge in [0.05, 0.1) is 11.4 Å². The van der Waals surface area contributed by atoms with Gasteiger partial charge in [0.15, 0.2) is 11.6 Å². The molecule has 0 N–H and O–H groups in total. The Balaban J connectivity index is 1.12. The van der Waals surface area contributed by atoms with Gasteiger partial charge >= 0.3 is 0 Å². The molecule has 0 unspecified atom stereocenters. The van der Waals surface area contributed by atoms with Crippen molar-refractivity contribution in [2.45, 2.75) is 0 Å². The molecule has 4 heterocycles. The molecule has 4 nitrogen and oxygen atoms in total. The van der Waals surface area contributed by atoms with Crippen LogP contribution in [0.4, 0.5) is 0 Å². The first-order valence-electron chi connectivity index (χ1n) is 16.5. The molecule has 0 radical (unpaired) electrons. The Labute approximate surface area is 296 Å². The molecule has 6 heteroatoms. The summed E-state index contributed by atoms with van der Waals surface area (Å²) in [6, 6.07) is 54.9. The van der Waals surface area contributed by atoms with Crippen LogP contribution in [-0.4, -0.2) is 19.9 Å².